The molecule has 0 atom stereocenters. The van der Waals surface area contributed by atoms with Gasteiger partial charge in [0.15, 0.2) is 0 Å². The average Bonchev–Trinajstić information content (AvgIpc) is 3.28. The van der Waals surface area contributed by atoms with Gasteiger partial charge in [0.05, 0.1) is 17.2 Å². The molecule has 3 rings (SSSR count). The molecule has 1 aromatic carbocycles. The van der Waals surface area contributed by atoms with Gasteiger partial charge in [0.1, 0.15) is 12.4 Å². The van der Waals surface area contributed by atoms with Crippen molar-refractivity contribution in [3.63, 3.8) is 0 Å². The van der Waals surface area contributed by atoms with Crippen LogP contribution in [0.5, 0.6) is 5.75 Å². The molecule has 1 amide bonds. The first kappa shape index (κ1) is 17.5. The minimum absolute atomic E-state index is 0.103. The van der Waals surface area contributed by atoms with E-state index in [1.54, 1.807) is 0 Å². The van der Waals surface area contributed by atoms with Crippen LogP contribution in [-0.2, 0) is 4.79 Å². The van der Waals surface area contributed by atoms with E-state index in [-0.39, 0.29) is 11.7 Å². The van der Waals surface area contributed by atoms with Crippen LogP contribution >= 0.6 is 23.1 Å². The highest BCUT2D eigenvalue weighted by Gasteiger charge is 2.11. The smallest absolute Gasteiger partial charge is 0.277 e. The number of aromatic nitrogens is 2. The van der Waals surface area contributed by atoms with Crippen LogP contribution in [0, 0.1) is 6.92 Å². The maximum atomic E-state index is 11.8. The summed E-state index contributed by atoms with van der Waals surface area (Å²) in [4.78, 5) is 12.8. The van der Waals surface area contributed by atoms with Crippen molar-refractivity contribution in [2.24, 2.45) is 0 Å². The summed E-state index contributed by atoms with van der Waals surface area (Å²) in [5.74, 6) is 1.39. The molecular weight excluding hydrogens is 358 g/mol. The zero-order chi connectivity index (χ0) is 17.5. The second-order valence-electron chi connectivity index (χ2n) is 5.15. The van der Waals surface area contributed by atoms with Crippen molar-refractivity contribution in [1.82, 2.24) is 15.5 Å². The minimum atomic E-state index is -0.103. The number of hydrogen-bond donors (Lipinski definition) is 1. The number of thioether (sulfide) groups is 1. The number of amides is 1. The zero-order valence-electron chi connectivity index (χ0n) is 13.6. The van der Waals surface area contributed by atoms with E-state index in [1.807, 2.05) is 48.7 Å². The fraction of sp³-hybridized carbons (Fsp3) is 0.235. The van der Waals surface area contributed by atoms with E-state index in [1.165, 1.54) is 23.1 Å². The topological polar surface area (TPSA) is 77.2 Å². The highest BCUT2D eigenvalue weighted by molar-refractivity contribution is 7.99. The lowest BCUT2D eigenvalue weighted by Gasteiger charge is -2.07. The predicted octanol–water partition coefficient (Wildman–Crippen LogP) is 3.39. The summed E-state index contributed by atoms with van der Waals surface area (Å²) in [5, 5.41) is 13.0. The van der Waals surface area contributed by atoms with Crippen molar-refractivity contribution in [1.29, 1.82) is 0 Å². The Hall–Kier alpha value is -2.32. The van der Waals surface area contributed by atoms with Crippen LogP contribution < -0.4 is 10.1 Å². The first-order valence-corrected chi connectivity index (χ1v) is 9.53. The molecule has 0 unspecified atom stereocenters. The van der Waals surface area contributed by atoms with E-state index >= 15 is 0 Å². The fourth-order valence-corrected chi connectivity index (χ4v) is 3.25. The van der Waals surface area contributed by atoms with Crippen LogP contribution in [0.2, 0.25) is 0 Å². The first-order valence-electron chi connectivity index (χ1n) is 7.67. The molecule has 0 aliphatic carbocycles. The SMILES string of the molecule is Cc1cccc(OCCNC(=O)CSc2nnc(-c3cccs3)o2)c1. The van der Waals surface area contributed by atoms with Crippen LogP contribution in [-0.4, -0.2) is 35.0 Å². The number of thiophene rings is 1. The Morgan fingerprint density at radius 1 is 1.32 bits per heavy atom. The number of hydrogen-bond acceptors (Lipinski definition) is 7. The molecule has 3 aromatic rings. The summed E-state index contributed by atoms with van der Waals surface area (Å²) >= 11 is 2.74. The second kappa shape index (κ2) is 8.68. The number of nitrogens with zero attached hydrogens (tertiary/aromatic N) is 2. The molecule has 0 spiro atoms. The molecule has 6 nitrogen and oxygen atoms in total. The Morgan fingerprint density at radius 3 is 3.04 bits per heavy atom. The van der Waals surface area contributed by atoms with Crippen LogP contribution in [0.3, 0.4) is 0 Å². The molecule has 2 aromatic heterocycles. The van der Waals surface area contributed by atoms with Gasteiger partial charge in [0.25, 0.3) is 11.1 Å². The second-order valence-corrected chi connectivity index (χ2v) is 7.03. The van der Waals surface area contributed by atoms with E-state index in [9.17, 15) is 4.79 Å². The Morgan fingerprint density at radius 2 is 2.24 bits per heavy atom. The van der Waals surface area contributed by atoms with Gasteiger partial charge < -0.3 is 14.5 Å². The zero-order valence-corrected chi connectivity index (χ0v) is 15.2. The van der Waals surface area contributed by atoms with Gasteiger partial charge in [0.2, 0.25) is 5.91 Å². The van der Waals surface area contributed by atoms with Crippen molar-refractivity contribution in [2.75, 3.05) is 18.9 Å². The van der Waals surface area contributed by atoms with Crippen molar-refractivity contribution in [3.8, 4) is 16.5 Å². The number of carbonyl (C=O) groups is 1. The van der Waals surface area contributed by atoms with Crippen LogP contribution in [0.4, 0.5) is 0 Å². The molecule has 0 aliphatic rings. The van der Waals surface area contributed by atoms with Gasteiger partial charge in [-0.3, -0.25) is 4.79 Å². The lowest BCUT2D eigenvalue weighted by atomic mass is 10.2. The normalized spacial score (nSPS) is 10.6. The van der Waals surface area contributed by atoms with Crippen LogP contribution in [0.15, 0.2) is 51.4 Å². The van der Waals surface area contributed by atoms with E-state index in [0.29, 0.717) is 24.3 Å². The number of nitrogens with one attached hydrogen (secondary N) is 1. The third-order valence-electron chi connectivity index (χ3n) is 3.15. The molecule has 0 aliphatic heterocycles. The molecule has 0 radical (unpaired) electrons. The number of rotatable bonds is 8. The minimum Gasteiger partial charge on any atom is -0.492 e. The van der Waals surface area contributed by atoms with Gasteiger partial charge in [-0.15, -0.1) is 21.5 Å². The molecule has 0 saturated carbocycles. The molecule has 0 fully saturated rings. The van der Waals surface area contributed by atoms with E-state index in [0.717, 1.165) is 16.2 Å². The molecule has 25 heavy (non-hydrogen) atoms. The summed E-state index contributed by atoms with van der Waals surface area (Å²) < 4.78 is 11.1. The molecule has 0 bridgehead atoms. The van der Waals surface area contributed by atoms with Gasteiger partial charge in [0, 0.05) is 0 Å². The molecule has 1 N–H and O–H groups in total. The largest absolute Gasteiger partial charge is 0.492 e. The van der Waals surface area contributed by atoms with Crippen molar-refractivity contribution >= 4 is 29.0 Å². The summed E-state index contributed by atoms with van der Waals surface area (Å²) in [6, 6.07) is 11.6. The molecular formula is C17H17N3O3S2. The summed E-state index contributed by atoms with van der Waals surface area (Å²) in [6.45, 7) is 2.87. The number of carbonyl (C=O) groups excluding carboxylic acids is 1. The summed E-state index contributed by atoms with van der Waals surface area (Å²) in [7, 11) is 0. The van der Waals surface area contributed by atoms with Gasteiger partial charge in [-0.05, 0) is 36.1 Å². The van der Waals surface area contributed by atoms with Gasteiger partial charge in [-0.2, -0.15) is 0 Å². The summed E-state index contributed by atoms with van der Waals surface area (Å²) in [5.41, 5.74) is 1.14. The average molecular weight is 375 g/mol. The highest BCUT2D eigenvalue weighted by atomic mass is 32.2. The van der Waals surface area contributed by atoms with Gasteiger partial charge in [-0.25, -0.2) is 0 Å². The van der Waals surface area contributed by atoms with E-state index < -0.39 is 0 Å². The standard InChI is InChI=1S/C17H17N3O3S2/c1-12-4-2-5-13(10-12)22-8-7-18-15(21)11-25-17-20-19-16(23-17)14-6-3-9-24-14/h2-6,9-10H,7-8,11H2,1H3,(H,18,21). The van der Waals surface area contributed by atoms with Gasteiger partial charge >= 0.3 is 0 Å². The highest BCUT2D eigenvalue weighted by Crippen LogP contribution is 2.26. The maximum Gasteiger partial charge on any atom is 0.277 e. The van der Waals surface area contributed by atoms with Crippen LogP contribution in [0.25, 0.3) is 10.8 Å². The third-order valence-corrected chi connectivity index (χ3v) is 4.82. The molecule has 130 valence electrons. The summed E-state index contributed by atoms with van der Waals surface area (Å²) in [6.07, 6.45) is 0. The number of ether oxygens (including phenoxy) is 1. The van der Waals surface area contributed by atoms with Crippen molar-refractivity contribution in [3.05, 3.63) is 47.3 Å². The molecule has 8 heteroatoms. The number of aryl methyl sites for hydroxylation is 1. The lowest BCUT2D eigenvalue weighted by Crippen LogP contribution is -2.29. The number of benzene rings is 1. The first-order chi connectivity index (χ1) is 12.2. The van der Waals surface area contributed by atoms with E-state index in [4.69, 9.17) is 9.15 Å². The molecule has 0 saturated heterocycles. The predicted molar refractivity (Wildman–Crippen MR) is 98.0 cm³/mol. The Balaban J connectivity index is 1.35. The third kappa shape index (κ3) is 5.33. The van der Waals surface area contributed by atoms with Gasteiger partial charge in [-0.1, -0.05) is 30.0 Å². The monoisotopic (exact) mass is 375 g/mol. The van der Waals surface area contributed by atoms with Crippen molar-refractivity contribution in [2.45, 2.75) is 12.1 Å². The Bertz CT molecular complexity index is 818. The fourth-order valence-electron chi connectivity index (χ4n) is 2.01. The van der Waals surface area contributed by atoms with Crippen molar-refractivity contribution < 1.29 is 13.9 Å². The Labute approximate surface area is 153 Å². The maximum absolute atomic E-state index is 11.8. The van der Waals surface area contributed by atoms with E-state index in [2.05, 4.69) is 15.5 Å². The quantitative estimate of drug-likeness (QED) is 0.480. The molecule has 2 heterocycles. The van der Waals surface area contributed by atoms with Crippen LogP contribution in [0.1, 0.15) is 5.56 Å². The Kier molecular flexibility index (Phi) is 6.08. The lowest BCUT2D eigenvalue weighted by molar-refractivity contribution is -0.118.